The number of aryl methyl sites for hydroxylation is 1. The van der Waals surface area contributed by atoms with Crippen molar-refractivity contribution in [3.63, 3.8) is 0 Å². The van der Waals surface area contributed by atoms with Gasteiger partial charge in [0.1, 0.15) is 0 Å². The third-order valence-electron chi connectivity index (χ3n) is 5.23. The highest BCUT2D eigenvalue weighted by molar-refractivity contribution is 5.79. The van der Waals surface area contributed by atoms with Crippen molar-refractivity contribution in [3.8, 4) is 0 Å². The second kappa shape index (κ2) is 8.34. The van der Waals surface area contributed by atoms with E-state index in [-0.39, 0.29) is 5.91 Å². The van der Waals surface area contributed by atoms with Crippen molar-refractivity contribution >= 4 is 16.8 Å². The highest BCUT2D eigenvalue weighted by Gasteiger charge is 2.21. The summed E-state index contributed by atoms with van der Waals surface area (Å²) in [5, 5.41) is 7.80. The zero-order valence-electron chi connectivity index (χ0n) is 14.6. The van der Waals surface area contributed by atoms with Crippen molar-refractivity contribution in [2.24, 2.45) is 11.8 Å². The molecule has 0 radical (unpaired) electrons. The minimum atomic E-state index is 0.199. The largest absolute Gasteiger partial charge is 0.356 e. The van der Waals surface area contributed by atoms with Crippen molar-refractivity contribution in [2.75, 3.05) is 19.6 Å². The molecule has 0 saturated carbocycles. The molecule has 1 saturated heterocycles. The molecule has 2 unspecified atom stereocenters. The molecule has 0 bridgehead atoms. The highest BCUT2D eigenvalue weighted by atomic mass is 16.1. The first-order valence-electron chi connectivity index (χ1n) is 9.25. The van der Waals surface area contributed by atoms with Gasteiger partial charge in [0.15, 0.2) is 0 Å². The number of nitrogens with zero attached hydrogens (tertiary/aromatic N) is 1. The highest BCUT2D eigenvalue weighted by Crippen LogP contribution is 2.22. The van der Waals surface area contributed by atoms with E-state index in [1.807, 2.05) is 0 Å². The molecule has 1 amide bonds. The first kappa shape index (κ1) is 17.0. The second-order valence-electron chi connectivity index (χ2n) is 7.06. The Hall–Kier alpha value is -1.81. The zero-order chi connectivity index (χ0) is 16.8. The SMILES string of the molecule is CC(CC(=O)NCCCn1ccc2ccccc21)C1CCCNC1. The fraction of sp³-hybridized carbons (Fsp3) is 0.550. The van der Waals surface area contributed by atoms with Gasteiger partial charge < -0.3 is 15.2 Å². The van der Waals surface area contributed by atoms with Crippen LogP contribution in [0.5, 0.6) is 0 Å². The Morgan fingerprint density at radius 2 is 2.25 bits per heavy atom. The average Bonchev–Trinajstić information content (AvgIpc) is 3.03. The van der Waals surface area contributed by atoms with Crippen LogP contribution in [-0.4, -0.2) is 30.1 Å². The molecule has 1 aromatic heterocycles. The molecular weight excluding hydrogens is 298 g/mol. The van der Waals surface area contributed by atoms with Crippen LogP contribution < -0.4 is 10.6 Å². The Kier molecular flexibility index (Phi) is 5.91. The summed E-state index contributed by atoms with van der Waals surface area (Å²) >= 11 is 0. The second-order valence-corrected chi connectivity index (χ2v) is 7.06. The number of nitrogens with one attached hydrogen (secondary N) is 2. The summed E-state index contributed by atoms with van der Waals surface area (Å²) < 4.78 is 2.26. The van der Waals surface area contributed by atoms with Crippen molar-refractivity contribution < 1.29 is 4.79 Å². The van der Waals surface area contributed by atoms with Crippen LogP contribution in [0.25, 0.3) is 10.9 Å². The van der Waals surface area contributed by atoms with E-state index in [9.17, 15) is 4.79 Å². The molecule has 2 atom stereocenters. The van der Waals surface area contributed by atoms with Gasteiger partial charge in [0.05, 0.1) is 0 Å². The Labute approximate surface area is 144 Å². The van der Waals surface area contributed by atoms with Crippen molar-refractivity contribution in [1.29, 1.82) is 0 Å². The van der Waals surface area contributed by atoms with Crippen LogP contribution in [-0.2, 0) is 11.3 Å². The van der Waals surface area contributed by atoms with Gasteiger partial charge in [0.2, 0.25) is 5.91 Å². The van der Waals surface area contributed by atoms with Gasteiger partial charge >= 0.3 is 0 Å². The molecule has 2 N–H and O–H groups in total. The Bertz CT molecular complexity index is 658. The molecule has 24 heavy (non-hydrogen) atoms. The number of carbonyl (C=O) groups is 1. The van der Waals surface area contributed by atoms with E-state index in [2.05, 4.69) is 58.7 Å². The molecule has 4 nitrogen and oxygen atoms in total. The van der Waals surface area contributed by atoms with Gasteiger partial charge in [0.25, 0.3) is 0 Å². The fourth-order valence-electron chi connectivity index (χ4n) is 3.71. The third-order valence-corrected chi connectivity index (χ3v) is 5.23. The number of para-hydroxylation sites is 1. The number of hydrogen-bond acceptors (Lipinski definition) is 2. The standard InChI is InChI=1S/C20H29N3O/c1-16(18-7-4-10-21-15-18)14-20(24)22-11-5-12-23-13-9-17-6-2-3-8-19(17)23/h2-3,6,8-9,13,16,18,21H,4-5,7,10-12,14-15H2,1H3,(H,22,24). The van der Waals surface area contributed by atoms with E-state index in [1.54, 1.807) is 0 Å². The van der Waals surface area contributed by atoms with Crippen molar-refractivity contribution in [2.45, 2.75) is 39.2 Å². The lowest BCUT2D eigenvalue weighted by Gasteiger charge is -2.28. The number of piperidine rings is 1. The van der Waals surface area contributed by atoms with Gasteiger partial charge in [-0.15, -0.1) is 0 Å². The third kappa shape index (κ3) is 4.38. The molecule has 4 heteroatoms. The molecule has 1 aliphatic rings. The molecule has 0 spiro atoms. The van der Waals surface area contributed by atoms with E-state index in [0.717, 1.165) is 32.6 Å². The monoisotopic (exact) mass is 327 g/mol. The molecule has 2 heterocycles. The number of fused-ring (bicyclic) bond motifs is 1. The number of carbonyl (C=O) groups excluding carboxylic acids is 1. The summed E-state index contributed by atoms with van der Waals surface area (Å²) in [7, 11) is 0. The number of aromatic nitrogens is 1. The van der Waals surface area contributed by atoms with E-state index >= 15 is 0 Å². The number of rotatable bonds is 7. The lowest BCUT2D eigenvalue weighted by molar-refractivity contribution is -0.122. The quantitative estimate of drug-likeness (QED) is 0.767. The normalized spacial score (nSPS) is 19.3. The summed E-state index contributed by atoms with van der Waals surface area (Å²) in [4.78, 5) is 12.1. The molecular formula is C20H29N3O. The predicted octanol–water partition coefficient (Wildman–Crippen LogP) is 3.17. The molecule has 1 aromatic carbocycles. The van der Waals surface area contributed by atoms with Crippen LogP contribution in [0.15, 0.2) is 36.5 Å². The van der Waals surface area contributed by atoms with Crippen molar-refractivity contribution in [3.05, 3.63) is 36.5 Å². The summed E-state index contributed by atoms with van der Waals surface area (Å²) in [6.07, 6.45) is 6.23. The predicted molar refractivity (Wildman–Crippen MR) is 98.9 cm³/mol. The average molecular weight is 327 g/mol. The molecule has 1 fully saturated rings. The summed E-state index contributed by atoms with van der Waals surface area (Å²) in [6, 6.07) is 10.6. The molecule has 3 rings (SSSR count). The molecule has 130 valence electrons. The number of benzene rings is 1. The minimum absolute atomic E-state index is 0.199. The number of hydrogen-bond donors (Lipinski definition) is 2. The lowest BCUT2D eigenvalue weighted by Crippen LogP contribution is -2.35. The Morgan fingerprint density at radius 1 is 1.38 bits per heavy atom. The first-order valence-corrected chi connectivity index (χ1v) is 9.25. The van der Waals surface area contributed by atoms with E-state index in [4.69, 9.17) is 0 Å². The van der Waals surface area contributed by atoms with E-state index in [0.29, 0.717) is 18.3 Å². The summed E-state index contributed by atoms with van der Waals surface area (Å²) in [6.45, 7) is 6.10. The summed E-state index contributed by atoms with van der Waals surface area (Å²) in [5.74, 6) is 1.31. The van der Waals surface area contributed by atoms with E-state index < -0.39 is 0 Å². The molecule has 0 aliphatic carbocycles. The van der Waals surface area contributed by atoms with Gasteiger partial charge in [-0.05, 0) is 61.7 Å². The smallest absolute Gasteiger partial charge is 0.220 e. The number of amides is 1. The van der Waals surface area contributed by atoms with Crippen LogP contribution in [0.1, 0.15) is 32.6 Å². The van der Waals surface area contributed by atoms with Crippen LogP contribution in [0.4, 0.5) is 0 Å². The molecule has 1 aliphatic heterocycles. The van der Waals surface area contributed by atoms with Gasteiger partial charge in [-0.2, -0.15) is 0 Å². The van der Waals surface area contributed by atoms with Crippen LogP contribution >= 0.6 is 0 Å². The Morgan fingerprint density at radius 3 is 3.08 bits per heavy atom. The maximum atomic E-state index is 12.1. The maximum Gasteiger partial charge on any atom is 0.220 e. The van der Waals surface area contributed by atoms with Gasteiger partial charge in [0, 0.05) is 31.2 Å². The Balaban J connectivity index is 1.37. The van der Waals surface area contributed by atoms with Gasteiger partial charge in [-0.1, -0.05) is 25.1 Å². The minimum Gasteiger partial charge on any atom is -0.356 e. The van der Waals surface area contributed by atoms with Crippen LogP contribution in [0.3, 0.4) is 0 Å². The summed E-state index contributed by atoms with van der Waals surface area (Å²) in [5.41, 5.74) is 1.27. The first-order chi connectivity index (χ1) is 11.7. The van der Waals surface area contributed by atoms with Gasteiger partial charge in [-0.3, -0.25) is 4.79 Å². The van der Waals surface area contributed by atoms with Crippen LogP contribution in [0, 0.1) is 11.8 Å². The zero-order valence-corrected chi connectivity index (χ0v) is 14.6. The van der Waals surface area contributed by atoms with Crippen LogP contribution in [0.2, 0.25) is 0 Å². The van der Waals surface area contributed by atoms with Gasteiger partial charge in [-0.25, -0.2) is 0 Å². The topological polar surface area (TPSA) is 46.1 Å². The van der Waals surface area contributed by atoms with E-state index in [1.165, 1.54) is 23.7 Å². The fourth-order valence-corrected chi connectivity index (χ4v) is 3.71. The van der Waals surface area contributed by atoms with Crippen molar-refractivity contribution in [1.82, 2.24) is 15.2 Å². The lowest BCUT2D eigenvalue weighted by atomic mass is 9.85. The maximum absolute atomic E-state index is 12.1. The molecule has 2 aromatic rings.